The monoisotopic (exact) mass is 271 g/mol. The van der Waals surface area contributed by atoms with Crippen LogP contribution in [0.3, 0.4) is 0 Å². The van der Waals surface area contributed by atoms with E-state index in [1.54, 1.807) is 24.3 Å². The topological polar surface area (TPSA) is 65.5 Å². The van der Waals surface area contributed by atoms with Crippen LogP contribution in [-0.2, 0) is 6.61 Å². The molecule has 0 saturated heterocycles. The molecule has 0 bridgehead atoms. The molecule has 1 aromatic carbocycles. The number of carbonyl (C=O) groups is 1. The SMILES string of the molecule is CN(C)c1ccc(C(=O)Nc2ccccc2CO)cn1. The number of nitrogens with one attached hydrogen (secondary N) is 1. The van der Waals surface area contributed by atoms with Crippen LogP contribution in [0.25, 0.3) is 0 Å². The van der Waals surface area contributed by atoms with Gasteiger partial charge in [0.05, 0.1) is 12.2 Å². The lowest BCUT2D eigenvalue weighted by Gasteiger charge is -2.12. The molecule has 0 unspecified atom stereocenters. The van der Waals surface area contributed by atoms with Gasteiger partial charge in [0.2, 0.25) is 0 Å². The third kappa shape index (κ3) is 3.13. The van der Waals surface area contributed by atoms with Gasteiger partial charge in [-0.3, -0.25) is 4.79 Å². The first-order valence-electron chi connectivity index (χ1n) is 6.25. The highest BCUT2D eigenvalue weighted by Gasteiger charge is 2.09. The first kappa shape index (κ1) is 14.0. The molecule has 2 N–H and O–H groups in total. The van der Waals surface area contributed by atoms with Crippen molar-refractivity contribution in [2.75, 3.05) is 24.3 Å². The molecule has 20 heavy (non-hydrogen) atoms. The fourth-order valence-corrected chi connectivity index (χ4v) is 1.76. The number of hydrogen-bond acceptors (Lipinski definition) is 4. The summed E-state index contributed by atoms with van der Waals surface area (Å²) in [6, 6.07) is 10.6. The number of hydrogen-bond donors (Lipinski definition) is 2. The van der Waals surface area contributed by atoms with Crippen molar-refractivity contribution in [2.45, 2.75) is 6.61 Å². The maximum Gasteiger partial charge on any atom is 0.257 e. The highest BCUT2D eigenvalue weighted by atomic mass is 16.3. The first-order valence-corrected chi connectivity index (χ1v) is 6.25. The third-order valence-corrected chi connectivity index (χ3v) is 2.90. The molecule has 1 amide bonds. The number of aliphatic hydroxyl groups is 1. The van der Waals surface area contributed by atoms with Crippen LogP contribution in [0.1, 0.15) is 15.9 Å². The minimum absolute atomic E-state index is 0.117. The lowest BCUT2D eigenvalue weighted by Crippen LogP contribution is -2.15. The van der Waals surface area contributed by atoms with Gasteiger partial charge < -0.3 is 15.3 Å². The van der Waals surface area contributed by atoms with E-state index in [4.69, 9.17) is 0 Å². The van der Waals surface area contributed by atoms with Crippen LogP contribution < -0.4 is 10.2 Å². The molecule has 0 aliphatic rings. The Hall–Kier alpha value is -2.40. The molecular weight excluding hydrogens is 254 g/mol. The number of carbonyl (C=O) groups excluding carboxylic acids is 1. The Labute approximate surface area is 117 Å². The molecule has 1 heterocycles. The molecule has 5 nitrogen and oxygen atoms in total. The Kier molecular flexibility index (Phi) is 4.32. The number of aromatic nitrogens is 1. The molecule has 1 aromatic heterocycles. The molecule has 0 aliphatic carbocycles. The van der Waals surface area contributed by atoms with E-state index in [9.17, 15) is 9.90 Å². The molecule has 2 aromatic rings. The fraction of sp³-hybridized carbons (Fsp3) is 0.200. The van der Waals surface area contributed by atoms with Crippen LogP contribution in [0.15, 0.2) is 42.6 Å². The summed E-state index contributed by atoms with van der Waals surface area (Å²) < 4.78 is 0. The van der Waals surface area contributed by atoms with Gasteiger partial charge in [0, 0.05) is 31.5 Å². The molecule has 0 aliphatic heterocycles. The van der Waals surface area contributed by atoms with Gasteiger partial charge in [0.25, 0.3) is 5.91 Å². The van der Waals surface area contributed by atoms with E-state index in [0.29, 0.717) is 16.8 Å². The highest BCUT2D eigenvalue weighted by Crippen LogP contribution is 2.16. The lowest BCUT2D eigenvalue weighted by molar-refractivity contribution is 0.102. The Bertz CT molecular complexity index is 594. The number of anilines is 2. The van der Waals surface area contributed by atoms with Gasteiger partial charge in [0.1, 0.15) is 5.82 Å². The minimum atomic E-state index is -0.247. The third-order valence-electron chi connectivity index (χ3n) is 2.90. The first-order chi connectivity index (χ1) is 9.61. The minimum Gasteiger partial charge on any atom is -0.392 e. The maximum atomic E-state index is 12.1. The molecular formula is C15H17N3O2. The molecule has 104 valence electrons. The summed E-state index contributed by atoms with van der Waals surface area (Å²) in [5.41, 5.74) is 1.76. The molecule has 0 atom stereocenters. The largest absolute Gasteiger partial charge is 0.392 e. The van der Waals surface area contributed by atoms with Crippen molar-refractivity contribution in [3.8, 4) is 0 Å². The van der Waals surface area contributed by atoms with Gasteiger partial charge in [-0.1, -0.05) is 18.2 Å². The molecule has 0 radical (unpaired) electrons. The Balaban J connectivity index is 2.15. The normalized spacial score (nSPS) is 10.2. The van der Waals surface area contributed by atoms with Crippen molar-refractivity contribution in [2.24, 2.45) is 0 Å². The number of para-hydroxylation sites is 1. The van der Waals surface area contributed by atoms with Gasteiger partial charge in [-0.25, -0.2) is 4.98 Å². The number of nitrogens with zero attached hydrogens (tertiary/aromatic N) is 2. The van der Waals surface area contributed by atoms with Crippen LogP contribution in [0.5, 0.6) is 0 Å². The average molecular weight is 271 g/mol. The Morgan fingerprint density at radius 2 is 2.00 bits per heavy atom. The number of benzene rings is 1. The van der Waals surface area contributed by atoms with Crippen LogP contribution in [0.4, 0.5) is 11.5 Å². The zero-order valence-electron chi connectivity index (χ0n) is 11.5. The second-order valence-corrected chi connectivity index (χ2v) is 4.57. The van der Waals surface area contributed by atoms with Gasteiger partial charge in [-0.05, 0) is 18.2 Å². The summed E-state index contributed by atoms with van der Waals surface area (Å²) >= 11 is 0. The number of amides is 1. The van der Waals surface area contributed by atoms with E-state index >= 15 is 0 Å². The van der Waals surface area contributed by atoms with Crippen molar-refractivity contribution in [1.29, 1.82) is 0 Å². The van der Waals surface area contributed by atoms with Gasteiger partial charge in [-0.15, -0.1) is 0 Å². The quantitative estimate of drug-likeness (QED) is 0.891. The van der Waals surface area contributed by atoms with Gasteiger partial charge >= 0.3 is 0 Å². The van der Waals surface area contributed by atoms with Gasteiger partial charge in [0.15, 0.2) is 0 Å². The molecule has 0 fully saturated rings. The Morgan fingerprint density at radius 3 is 2.60 bits per heavy atom. The van der Waals surface area contributed by atoms with Crippen molar-refractivity contribution in [1.82, 2.24) is 4.98 Å². The zero-order valence-corrected chi connectivity index (χ0v) is 11.5. The average Bonchev–Trinajstić information content (AvgIpc) is 2.48. The standard InChI is InChI=1S/C15H17N3O2/c1-18(2)14-8-7-11(9-16-14)15(20)17-13-6-4-3-5-12(13)10-19/h3-9,19H,10H2,1-2H3,(H,17,20). The fourth-order valence-electron chi connectivity index (χ4n) is 1.76. The van der Waals surface area contributed by atoms with E-state index in [1.165, 1.54) is 6.20 Å². The van der Waals surface area contributed by atoms with Crippen molar-refractivity contribution in [3.63, 3.8) is 0 Å². The number of rotatable bonds is 4. The summed E-state index contributed by atoms with van der Waals surface area (Å²) in [5, 5.41) is 12.0. The predicted octanol–water partition coefficient (Wildman–Crippen LogP) is 1.89. The molecule has 2 rings (SSSR count). The highest BCUT2D eigenvalue weighted by molar-refractivity contribution is 6.04. The maximum absolute atomic E-state index is 12.1. The summed E-state index contributed by atoms with van der Waals surface area (Å²) in [7, 11) is 3.78. The second-order valence-electron chi connectivity index (χ2n) is 4.57. The zero-order chi connectivity index (χ0) is 14.5. The van der Waals surface area contributed by atoms with Crippen LogP contribution in [0, 0.1) is 0 Å². The number of aliphatic hydroxyl groups excluding tert-OH is 1. The van der Waals surface area contributed by atoms with E-state index in [2.05, 4.69) is 10.3 Å². The van der Waals surface area contributed by atoms with Crippen molar-refractivity contribution in [3.05, 3.63) is 53.7 Å². The van der Waals surface area contributed by atoms with Crippen molar-refractivity contribution < 1.29 is 9.90 Å². The molecule has 5 heteroatoms. The molecule has 0 saturated carbocycles. The second kappa shape index (κ2) is 6.16. The summed E-state index contributed by atoms with van der Waals surface area (Å²) in [6.07, 6.45) is 1.53. The van der Waals surface area contributed by atoms with Gasteiger partial charge in [-0.2, -0.15) is 0 Å². The lowest BCUT2D eigenvalue weighted by atomic mass is 10.1. The van der Waals surface area contributed by atoms with E-state index in [1.807, 2.05) is 31.1 Å². The summed E-state index contributed by atoms with van der Waals surface area (Å²) in [5.74, 6) is 0.543. The van der Waals surface area contributed by atoms with Crippen LogP contribution in [0.2, 0.25) is 0 Å². The predicted molar refractivity (Wildman–Crippen MR) is 78.9 cm³/mol. The summed E-state index contributed by atoms with van der Waals surface area (Å²) in [6.45, 7) is -0.117. The van der Waals surface area contributed by atoms with Crippen LogP contribution >= 0.6 is 0 Å². The van der Waals surface area contributed by atoms with E-state index < -0.39 is 0 Å². The number of pyridine rings is 1. The van der Waals surface area contributed by atoms with Crippen molar-refractivity contribution >= 4 is 17.4 Å². The molecule has 0 spiro atoms. The van der Waals surface area contributed by atoms with Crippen LogP contribution in [-0.4, -0.2) is 30.1 Å². The van der Waals surface area contributed by atoms with E-state index in [-0.39, 0.29) is 12.5 Å². The van der Waals surface area contributed by atoms with E-state index in [0.717, 1.165) is 5.82 Å². The Morgan fingerprint density at radius 1 is 1.25 bits per heavy atom. The summed E-state index contributed by atoms with van der Waals surface area (Å²) in [4.78, 5) is 18.2. The smallest absolute Gasteiger partial charge is 0.257 e.